The Labute approximate surface area is 133 Å². The Morgan fingerprint density at radius 2 is 2.00 bits per heavy atom. The number of ether oxygens (including phenoxy) is 4. The molecule has 0 radical (unpaired) electrons. The fourth-order valence-corrected chi connectivity index (χ4v) is 2.22. The highest BCUT2D eigenvalue weighted by Gasteiger charge is 2.28. The molecule has 7 nitrogen and oxygen atoms in total. The number of fused-ring (bicyclic) bond motifs is 1. The molecule has 1 heterocycles. The van der Waals surface area contributed by atoms with Gasteiger partial charge in [-0.05, 0) is 31.9 Å². The van der Waals surface area contributed by atoms with Crippen LogP contribution in [0.1, 0.15) is 30.1 Å². The molecule has 7 heteroatoms. The van der Waals surface area contributed by atoms with Gasteiger partial charge in [0.15, 0.2) is 17.6 Å². The van der Waals surface area contributed by atoms with E-state index < -0.39 is 12.1 Å². The largest absolute Gasteiger partial charge is 0.493 e. The Morgan fingerprint density at radius 1 is 1.26 bits per heavy atom. The van der Waals surface area contributed by atoms with Gasteiger partial charge in [-0.15, -0.1) is 0 Å². The van der Waals surface area contributed by atoms with Crippen molar-refractivity contribution in [3.8, 4) is 17.2 Å². The zero-order valence-electron chi connectivity index (χ0n) is 13.1. The Balaban J connectivity index is 1.72. The second-order valence-corrected chi connectivity index (χ2v) is 5.53. The molecule has 1 atom stereocenters. The number of benzene rings is 1. The molecule has 1 fully saturated rings. The van der Waals surface area contributed by atoms with E-state index in [0.29, 0.717) is 30.5 Å². The van der Waals surface area contributed by atoms with Crippen LogP contribution in [-0.2, 0) is 9.53 Å². The van der Waals surface area contributed by atoms with Crippen LogP contribution in [0, 0.1) is 0 Å². The summed E-state index contributed by atoms with van der Waals surface area (Å²) in [6.07, 6.45) is 1.10. The first-order valence-corrected chi connectivity index (χ1v) is 7.57. The van der Waals surface area contributed by atoms with Crippen molar-refractivity contribution in [2.75, 3.05) is 20.3 Å². The van der Waals surface area contributed by atoms with Crippen LogP contribution in [0.2, 0.25) is 0 Å². The van der Waals surface area contributed by atoms with Crippen molar-refractivity contribution >= 4 is 11.9 Å². The van der Waals surface area contributed by atoms with Gasteiger partial charge in [-0.25, -0.2) is 4.79 Å². The summed E-state index contributed by atoms with van der Waals surface area (Å²) in [4.78, 5) is 24.1. The Kier molecular flexibility index (Phi) is 4.27. The molecule has 1 aromatic rings. The quantitative estimate of drug-likeness (QED) is 0.823. The van der Waals surface area contributed by atoms with Gasteiger partial charge in [-0.1, -0.05) is 0 Å². The lowest BCUT2D eigenvalue weighted by atomic mass is 10.1. The molecule has 2 aliphatic rings. The van der Waals surface area contributed by atoms with Gasteiger partial charge in [0.25, 0.3) is 5.91 Å². The van der Waals surface area contributed by atoms with Crippen molar-refractivity contribution in [3.05, 3.63) is 17.7 Å². The first-order valence-electron chi connectivity index (χ1n) is 7.57. The van der Waals surface area contributed by atoms with E-state index in [-0.39, 0.29) is 17.5 Å². The highest BCUT2D eigenvalue weighted by molar-refractivity contribution is 5.93. The van der Waals surface area contributed by atoms with Crippen molar-refractivity contribution in [1.29, 1.82) is 0 Å². The highest BCUT2D eigenvalue weighted by atomic mass is 16.6. The van der Waals surface area contributed by atoms with Crippen LogP contribution in [0.5, 0.6) is 17.2 Å². The maximum atomic E-state index is 12.3. The van der Waals surface area contributed by atoms with Crippen molar-refractivity contribution in [1.82, 2.24) is 5.32 Å². The molecule has 1 saturated carbocycles. The molecule has 1 aliphatic carbocycles. The zero-order valence-corrected chi connectivity index (χ0v) is 13.1. The Hall–Kier alpha value is -2.44. The summed E-state index contributed by atoms with van der Waals surface area (Å²) in [6.45, 7) is 2.37. The van der Waals surface area contributed by atoms with Crippen molar-refractivity contribution < 1.29 is 28.5 Å². The van der Waals surface area contributed by atoms with Crippen molar-refractivity contribution in [2.24, 2.45) is 0 Å². The monoisotopic (exact) mass is 321 g/mol. The summed E-state index contributed by atoms with van der Waals surface area (Å²) in [5.41, 5.74) is 0.247. The van der Waals surface area contributed by atoms with E-state index in [1.54, 1.807) is 6.92 Å². The summed E-state index contributed by atoms with van der Waals surface area (Å²) < 4.78 is 21.4. The predicted octanol–water partition coefficient (Wildman–Crippen LogP) is 1.29. The number of methoxy groups -OCH3 is 1. The first kappa shape index (κ1) is 15.5. The minimum Gasteiger partial charge on any atom is -0.493 e. The second kappa shape index (κ2) is 6.36. The normalized spacial score (nSPS) is 17.1. The standard InChI is InChI=1S/C16H19NO6/c1-9(15(18)17-11-3-4-11)23-16(19)10-7-12(20-2)14-13(8-10)21-5-6-22-14/h7-9,11H,3-6H2,1-2H3,(H,17,18)/t9-/m0/s1. The van der Waals surface area contributed by atoms with Crippen LogP contribution in [-0.4, -0.2) is 44.3 Å². The predicted molar refractivity (Wildman–Crippen MR) is 80.0 cm³/mol. The van der Waals surface area contributed by atoms with Gasteiger partial charge in [0, 0.05) is 6.04 Å². The lowest BCUT2D eigenvalue weighted by Crippen LogP contribution is -2.37. The summed E-state index contributed by atoms with van der Waals surface area (Å²) in [7, 11) is 1.48. The number of nitrogens with one attached hydrogen (secondary N) is 1. The van der Waals surface area contributed by atoms with E-state index in [2.05, 4.69) is 5.32 Å². The van der Waals surface area contributed by atoms with E-state index >= 15 is 0 Å². The third kappa shape index (κ3) is 3.49. The van der Waals surface area contributed by atoms with Crippen molar-refractivity contribution in [2.45, 2.75) is 31.9 Å². The minimum atomic E-state index is -0.859. The Bertz CT molecular complexity index is 608. The van der Waals surface area contributed by atoms with Crippen LogP contribution in [0.3, 0.4) is 0 Å². The number of esters is 1. The van der Waals surface area contributed by atoms with Crippen LogP contribution in [0.4, 0.5) is 0 Å². The molecule has 124 valence electrons. The van der Waals surface area contributed by atoms with Crippen LogP contribution >= 0.6 is 0 Å². The number of carbonyl (C=O) groups excluding carboxylic acids is 2. The van der Waals surface area contributed by atoms with Gasteiger partial charge < -0.3 is 24.3 Å². The van der Waals surface area contributed by atoms with Gasteiger partial charge in [0.1, 0.15) is 13.2 Å². The molecule has 0 saturated heterocycles. The van der Waals surface area contributed by atoms with Gasteiger partial charge in [-0.3, -0.25) is 4.79 Å². The van der Waals surface area contributed by atoms with Crippen molar-refractivity contribution in [3.63, 3.8) is 0 Å². The van der Waals surface area contributed by atoms with E-state index in [9.17, 15) is 9.59 Å². The van der Waals surface area contributed by atoms with Gasteiger partial charge in [0.05, 0.1) is 12.7 Å². The number of carbonyl (C=O) groups is 2. The molecular formula is C16H19NO6. The first-order chi connectivity index (χ1) is 11.1. The van der Waals surface area contributed by atoms with E-state index in [4.69, 9.17) is 18.9 Å². The maximum Gasteiger partial charge on any atom is 0.339 e. The maximum absolute atomic E-state index is 12.3. The fourth-order valence-electron chi connectivity index (χ4n) is 2.22. The summed E-state index contributed by atoms with van der Waals surface area (Å²) in [5.74, 6) is 0.390. The number of rotatable bonds is 5. The summed E-state index contributed by atoms with van der Waals surface area (Å²) in [5, 5.41) is 2.80. The molecular weight excluding hydrogens is 302 g/mol. The van der Waals surface area contributed by atoms with Crippen LogP contribution in [0.15, 0.2) is 12.1 Å². The van der Waals surface area contributed by atoms with Gasteiger partial charge >= 0.3 is 5.97 Å². The molecule has 0 bridgehead atoms. The number of hydrogen-bond acceptors (Lipinski definition) is 6. The van der Waals surface area contributed by atoms with Crippen LogP contribution < -0.4 is 19.5 Å². The summed E-state index contributed by atoms with van der Waals surface area (Å²) >= 11 is 0. The molecule has 0 unspecified atom stereocenters. The van der Waals surface area contributed by atoms with E-state index in [1.165, 1.54) is 19.2 Å². The molecule has 0 aromatic heterocycles. The Morgan fingerprint density at radius 3 is 2.70 bits per heavy atom. The van der Waals surface area contributed by atoms with Crippen LogP contribution in [0.25, 0.3) is 0 Å². The SMILES string of the molecule is COc1cc(C(=O)O[C@@H](C)C(=O)NC2CC2)cc2c1OCCO2. The smallest absolute Gasteiger partial charge is 0.339 e. The highest BCUT2D eigenvalue weighted by Crippen LogP contribution is 2.40. The molecule has 0 spiro atoms. The average Bonchev–Trinajstić information content (AvgIpc) is 3.37. The summed E-state index contributed by atoms with van der Waals surface area (Å²) in [6, 6.07) is 3.27. The lowest BCUT2D eigenvalue weighted by molar-refractivity contribution is -0.129. The molecule has 23 heavy (non-hydrogen) atoms. The second-order valence-electron chi connectivity index (χ2n) is 5.53. The molecule has 1 amide bonds. The molecule has 1 aliphatic heterocycles. The molecule has 3 rings (SSSR count). The van der Waals surface area contributed by atoms with Gasteiger partial charge in [-0.2, -0.15) is 0 Å². The number of amides is 1. The third-order valence-corrected chi connectivity index (χ3v) is 3.64. The molecule has 1 N–H and O–H groups in total. The third-order valence-electron chi connectivity index (χ3n) is 3.64. The fraction of sp³-hybridized carbons (Fsp3) is 0.500. The van der Waals surface area contributed by atoms with E-state index in [0.717, 1.165) is 12.8 Å². The average molecular weight is 321 g/mol. The van der Waals surface area contributed by atoms with Gasteiger partial charge in [0.2, 0.25) is 5.75 Å². The molecule has 1 aromatic carbocycles. The topological polar surface area (TPSA) is 83.1 Å². The lowest BCUT2D eigenvalue weighted by Gasteiger charge is -2.21. The zero-order chi connectivity index (χ0) is 16.4. The van der Waals surface area contributed by atoms with E-state index in [1.807, 2.05) is 0 Å². The minimum absolute atomic E-state index is 0.220. The number of hydrogen-bond donors (Lipinski definition) is 1.